The standard InChI is InChI=1S/C30H39O3P/c1-20(2)24-9-14-27(15-10-24)31-34(32-28-16-11-25(12-17-28)21(3)4)33-30-18-13-26(22(5)6)19-29(30)23(7)8/h9-23H,1-8H3. The molecular weight excluding hydrogens is 439 g/mol. The first-order chi connectivity index (χ1) is 16.1. The number of hydrogen-bond donors (Lipinski definition) is 0. The molecule has 0 N–H and O–H groups in total. The SMILES string of the molecule is CC(C)c1ccc(OP(Oc2ccc(C(C)C)cc2)Oc2ccc(C(C)C)cc2C(C)C)cc1. The van der Waals surface area contributed by atoms with Crippen LogP contribution in [-0.4, -0.2) is 0 Å². The van der Waals surface area contributed by atoms with Crippen LogP contribution in [0.3, 0.4) is 0 Å². The van der Waals surface area contributed by atoms with Gasteiger partial charge in [-0.2, -0.15) is 0 Å². The van der Waals surface area contributed by atoms with Crippen molar-refractivity contribution in [1.29, 1.82) is 0 Å². The van der Waals surface area contributed by atoms with E-state index in [0.29, 0.717) is 23.7 Å². The minimum Gasteiger partial charge on any atom is -0.409 e. The van der Waals surface area contributed by atoms with E-state index in [1.54, 1.807) is 0 Å². The summed E-state index contributed by atoms with van der Waals surface area (Å²) in [5.41, 5.74) is 5.01. The second kappa shape index (κ2) is 11.8. The number of benzene rings is 3. The predicted molar refractivity (Wildman–Crippen MR) is 144 cm³/mol. The molecule has 0 fully saturated rings. The van der Waals surface area contributed by atoms with Crippen LogP contribution in [0, 0.1) is 0 Å². The molecule has 3 nitrogen and oxygen atoms in total. The molecule has 3 rings (SSSR count). The minimum atomic E-state index is -1.71. The highest BCUT2D eigenvalue weighted by Crippen LogP contribution is 2.45. The Morgan fingerprint density at radius 1 is 0.471 bits per heavy atom. The maximum Gasteiger partial charge on any atom is 0.530 e. The van der Waals surface area contributed by atoms with Gasteiger partial charge in [-0.1, -0.05) is 91.8 Å². The van der Waals surface area contributed by atoms with Crippen molar-refractivity contribution in [3.63, 3.8) is 0 Å². The predicted octanol–water partition coefficient (Wildman–Crippen LogP) is 9.94. The maximum absolute atomic E-state index is 6.43. The Kier molecular flexibility index (Phi) is 9.03. The molecule has 0 unspecified atom stereocenters. The van der Waals surface area contributed by atoms with E-state index >= 15 is 0 Å². The van der Waals surface area contributed by atoms with Gasteiger partial charge in [-0.3, -0.25) is 0 Å². The molecule has 0 aromatic heterocycles. The van der Waals surface area contributed by atoms with Gasteiger partial charge in [0.2, 0.25) is 0 Å². The average molecular weight is 479 g/mol. The third-order valence-electron chi connectivity index (χ3n) is 5.95. The smallest absolute Gasteiger partial charge is 0.409 e. The van der Waals surface area contributed by atoms with Gasteiger partial charge in [0.1, 0.15) is 17.2 Å². The van der Waals surface area contributed by atoms with Crippen LogP contribution in [0.15, 0.2) is 66.7 Å². The molecule has 182 valence electrons. The van der Waals surface area contributed by atoms with E-state index in [4.69, 9.17) is 13.6 Å². The molecule has 0 amide bonds. The fourth-order valence-electron chi connectivity index (χ4n) is 3.60. The van der Waals surface area contributed by atoms with Gasteiger partial charge in [0.25, 0.3) is 0 Å². The van der Waals surface area contributed by atoms with Gasteiger partial charge in [-0.15, -0.1) is 0 Å². The van der Waals surface area contributed by atoms with Gasteiger partial charge >= 0.3 is 8.60 Å². The monoisotopic (exact) mass is 478 g/mol. The topological polar surface area (TPSA) is 27.7 Å². The van der Waals surface area contributed by atoms with E-state index in [9.17, 15) is 0 Å². The van der Waals surface area contributed by atoms with Gasteiger partial charge in [-0.25, -0.2) is 0 Å². The largest absolute Gasteiger partial charge is 0.530 e. The summed E-state index contributed by atoms with van der Waals surface area (Å²) in [7, 11) is -1.71. The Bertz CT molecular complexity index is 984. The number of hydrogen-bond acceptors (Lipinski definition) is 3. The highest BCUT2D eigenvalue weighted by molar-refractivity contribution is 7.43. The van der Waals surface area contributed by atoms with E-state index < -0.39 is 8.60 Å². The third kappa shape index (κ3) is 7.00. The number of rotatable bonds is 10. The first-order valence-electron chi connectivity index (χ1n) is 12.3. The maximum atomic E-state index is 6.43. The lowest BCUT2D eigenvalue weighted by molar-refractivity contribution is 0.385. The van der Waals surface area contributed by atoms with Crippen LogP contribution < -0.4 is 13.6 Å². The molecule has 0 spiro atoms. The Morgan fingerprint density at radius 2 is 0.882 bits per heavy atom. The quantitative estimate of drug-likeness (QED) is 0.271. The molecule has 0 atom stereocenters. The molecule has 0 saturated carbocycles. The Balaban J connectivity index is 1.89. The molecular formula is C30H39O3P. The molecule has 4 heteroatoms. The Labute approximate surface area is 207 Å². The van der Waals surface area contributed by atoms with E-state index in [-0.39, 0.29) is 0 Å². The molecule has 0 heterocycles. The van der Waals surface area contributed by atoms with E-state index in [2.05, 4.69) is 97.9 Å². The summed E-state index contributed by atoms with van der Waals surface area (Å²) >= 11 is 0. The lowest BCUT2D eigenvalue weighted by atomic mass is 9.95. The molecule has 0 radical (unpaired) electrons. The molecule has 3 aromatic rings. The zero-order valence-electron chi connectivity index (χ0n) is 21.8. The first kappa shape index (κ1) is 26.1. The van der Waals surface area contributed by atoms with Crippen molar-refractivity contribution < 1.29 is 13.6 Å². The third-order valence-corrected chi connectivity index (χ3v) is 7.01. The van der Waals surface area contributed by atoms with Crippen molar-refractivity contribution in [2.24, 2.45) is 0 Å². The summed E-state index contributed by atoms with van der Waals surface area (Å²) in [6, 6.07) is 22.8. The lowest BCUT2D eigenvalue weighted by Crippen LogP contribution is -2.05. The molecule has 3 aromatic carbocycles. The van der Waals surface area contributed by atoms with Crippen LogP contribution >= 0.6 is 8.60 Å². The summed E-state index contributed by atoms with van der Waals surface area (Å²) in [5.74, 6) is 3.99. The summed E-state index contributed by atoms with van der Waals surface area (Å²) in [5, 5.41) is 0. The summed E-state index contributed by atoms with van der Waals surface area (Å²) in [6.07, 6.45) is 0. The zero-order valence-corrected chi connectivity index (χ0v) is 22.7. The van der Waals surface area contributed by atoms with Crippen LogP contribution in [0.4, 0.5) is 0 Å². The molecule has 0 aliphatic heterocycles. The van der Waals surface area contributed by atoms with Crippen LogP contribution in [0.5, 0.6) is 17.2 Å². The van der Waals surface area contributed by atoms with Crippen molar-refractivity contribution in [3.05, 3.63) is 89.0 Å². The Hall–Kier alpha value is -2.51. The van der Waals surface area contributed by atoms with Crippen LogP contribution in [0.25, 0.3) is 0 Å². The van der Waals surface area contributed by atoms with E-state index in [0.717, 1.165) is 22.8 Å². The lowest BCUT2D eigenvalue weighted by Gasteiger charge is -2.22. The van der Waals surface area contributed by atoms with Crippen molar-refractivity contribution in [2.45, 2.75) is 79.1 Å². The van der Waals surface area contributed by atoms with Crippen LogP contribution in [-0.2, 0) is 0 Å². The molecule has 0 bridgehead atoms. The van der Waals surface area contributed by atoms with Crippen molar-refractivity contribution in [2.75, 3.05) is 0 Å². The van der Waals surface area contributed by atoms with Gasteiger partial charge in [0.05, 0.1) is 0 Å². The second-order valence-electron chi connectivity index (χ2n) is 10.1. The highest BCUT2D eigenvalue weighted by atomic mass is 31.2. The van der Waals surface area contributed by atoms with Crippen molar-refractivity contribution >= 4 is 8.60 Å². The normalized spacial score (nSPS) is 11.7. The summed E-state index contributed by atoms with van der Waals surface area (Å²) in [4.78, 5) is 0. The van der Waals surface area contributed by atoms with Crippen molar-refractivity contribution in [1.82, 2.24) is 0 Å². The first-order valence-corrected chi connectivity index (χ1v) is 13.4. The van der Waals surface area contributed by atoms with Gasteiger partial charge in [-0.05, 0) is 76.3 Å². The Morgan fingerprint density at radius 3 is 1.26 bits per heavy atom. The van der Waals surface area contributed by atoms with Gasteiger partial charge < -0.3 is 13.6 Å². The second-order valence-corrected chi connectivity index (χ2v) is 11.0. The van der Waals surface area contributed by atoms with Gasteiger partial charge in [0.15, 0.2) is 0 Å². The van der Waals surface area contributed by atoms with E-state index in [1.165, 1.54) is 16.7 Å². The molecule has 34 heavy (non-hydrogen) atoms. The molecule has 0 aliphatic rings. The van der Waals surface area contributed by atoms with E-state index in [1.807, 2.05) is 24.3 Å². The zero-order chi connectivity index (χ0) is 24.8. The fraction of sp³-hybridized carbons (Fsp3) is 0.400. The summed E-state index contributed by atoms with van der Waals surface area (Å²) in [6.45, 7) is 17.5. The highest BCUT2D eigenvalue weighted by Gasteiger charge is 2.23. The van der Waals surface area contributed by atoms with Crippen molar-refractivity contribution in [3.8, 4) is 17.2 Å². The van der Waals surface area contributed by atoms with Gasteiger partial charge in [0, 0.05) is 0 Å². The molecule has 0 aliphatic carbocycles. The fourth-order valence-corrected chi connectivity index (χ4v) is 4.62. The summed E-state index contributed by atoms with van der Waals surface area (Å²) < 4.78 is 19.0. The molecule has 0 saturated heterocycles. The van der Waals surface area contributed by atoms with Crippen LogP contribution in [0.2, 0.25) is 0 Å². The average Bonchev–Trinajstić information content (AvgIpc) is 2.79. The minimum absolute atomic E-state index is 0.321. The van der Waals surface area contributed by atoms with Crippen LogP contribution in [0.1, 0.15) is 101 Å².